The van der Waals surface area contributed by atoms with Gasteiger partial charge in [0, 0.05) is 18.8 Å². The summed E-state index contributed by atoms with van der Waals surface area (Å²) in [6, 6.07) is 3.00. The fourth-order valence-corrected chi connectivity index (χ4v) is 4.10. The average Bonchev–Trinajstić information content (AvgIpc) is 2.47. The summed E-state index contributed by atoms with van der Waals surface area (Å²) in [7, 11) is -3.70. The SMILES string of the molecule is CCC1(CC)CC(NS(=O)(=O)c2ncccc2N)CCO1. The number of nitrogens with two attached hydrogens (primary N) is 1. The molecule has 3 N–H and O–H groups in total. The third-order valence-corrected chi connectivity index (χ3v) is 5.65. The molecule has 1 aliphatic rings. The number of rotatable bonds is 5. The molecule has 0 aromatic carbocycles. The lowest BCUT2D eigenvalue weighted by molar-refractivity contribution is -0.0905. The molecule has 1 aromatic rings. The van der Waals surface area contributed by atoms with Gasteiger partial charge < -0.3 is 10.5 Å². The number of anilines is 1. The van der Waals surface area contributed by atoms with Crippen molar-refractivity contribution in [2.24, 2.45) is 0 Å². The van der Waals surface area contributed by atoms with Gasteiger partial charge in [0.25, 0.3) is 10.0 Å². The summed E-state index contributed by atoms with van der Waals surface area (Å²) >= 11 is 0. The number of nitrogens with one attached hydrogen (secondary N) is 1. The van der Waals surface area contributed by atoms with Gasteiger partial charge in [0.15, 0.2) is 5.03 Å². The Morgan fingerprint density at radius 1 is 1.48 bits per heavy atom. The van der Waals surface area contributed by atoms with E-state index in [2.05, 4.69) is 23.6 Å². The second-order valence-corrected chi connectivity index (χ2v) is 7.08. The van der Waals surface area contributed by atoms with E-state index in [0.29, 0.717) is 19.4 Å². The topological polar surface area (TPSA) is 94.3 Å². The second-order valence-electron chi connectivity index (χ2n) is 5.45. The summed E-state index contributed by atoms with van der Waals surface area (Å²) in [6.45, 7) is 4.70. The van der Waals surface area contributed by atoms with Crippen LogP contribution in [-0.2, 0) is 14.8 Å². The molecule has 0 radical (unpaired) electrons. The number of pyridine rings is 1. The molecule has 2 rings (SSSR count). The Kier molecular flexibility index (Phi) is 4.85. The minimum absolute atomic E-state index is 0.102. The van der Waals surface area contributed by atoms with Gasteiger partial charge in [-0.15, -0.1) is 0 Å². The molecule has 1 atom stereocenters. The third-order valence-electron chi connectivity index (χ3n) is 4.16. The van der Waals surface area contributed by atoms with Crippen LogP contribution in [0.2, 0.25) is 0 Å². The van der Waals surface area contributed by atoms with Crippen molar-refractivity contribution in [2.75, 3.05) is 12.3 Å². The number of ether oxygens (including phenoxy) is 1. The van der Waals surface area contributed by atoms with Gasteiger partial charge in [-0.25, -0.2) is 18.1 Å². The second kappa shape index (κ2) is 6.29. The molecule has 1 aliphatic heterocycles. The Hall–Kier alpha value is -1.18. The minimum Gasteiger partial charge on any atom is -0.396 e. The van der Waals surface area contributed by atoms with Gasteiger partial charge in [-0.05, 0) is 37.8 Å². The Morgan fingerprint density at radius 2 is 2.19 bits per heavy atom. The number of hydrogen-bond acceptors (Lipinski definition) is 5. The fraction of sp³-hybridized carbons (Fsp3) is 0.643. The van der Waals surface area contributed by atoms with Gasteiger partial charge in [0.05, 0.1) is 11.3 Å². The first kappa shape index (κ1) is 16.2. The molecule has 118 valence electrons. The predicted octanol–water partition coefficient (Wildman–Crippen LogP) is 1.68. The quantitative estimate of drug-likeness (QED) is 0.862. The monoisotopic (exact) mass is 313 g/mol. The first-order valence-electron chi connectivity index (χ1n) is 7.29. The van der Waals surface area contributed by atoms with E-state index < -0.39 is 10.0 Å². The van der Waals surface area contributed by atoms with E-state index in [0.717, 1.165) is 12.8 Å². The molecular formula is C14H23N3O3S. The van der Waals surface area contributed by atoms with Crippen molar-refractivity contribution >= 4 is 15.7 Å². The Labute approximate surface area is 126 Å². The lowest BCUT2D eigenvalue weighted by atomic mass is 9.86. The summed E-state index contributed by atoms with van der Waals surface area (Å²) in [5.74, 6) is 0. The molecule has 6 nitrogen and oxygen atoms in total. The van der Waals surface area contributed by atoms with Crippen molar-refractivity contribution in [2.45, 2.75) is 56.2 Å². The van der Waals surface area contributed by atoms with Gasteiger partial charge in [-0.3, -0.25) is 0 Å². The molecule has 0 saturated carbocycles. The fourth-order valence-electron chi connectivity index (χ4n) is 2.77. The normalized spacial score (nSPS) is 22.1. The van der Waals surface area contributed by atoms with E-state index in [-0.39, 0.29) is 22.4 Å². The summed E-state index contributed by atoms with van der Waals surface area (Å²) < 4.78 is 33.4. The van der Waals surface area contributed by atoms with Crippen molar-refractivity contribution in [3.05, 3.63) is 18.3 Å². The van der Waals surface area contributed by atoms with Crippen LogP contribution in [0.1, 0.15) is 39.5 Å². The predicted molar refractivity (Wildman–Crippen MR) is 81.3 cm³/mol. The lowest BCUT2D eigenvalue weighted by Gasteiger charge is -2.40. The highest BCUT2D eigenvalue weighted by molar-refractivity contribution is 7.89. The highest BCUT2D eigenvalue weighted by atomic mass is 32.2. The number of nitrogen functional groups attached to an aromatic ring is 1. The maximum absolute atomic E-state index is 12.4. The molecule has 0 spiro atoms. The van der Waals surface area contributed by atoms with Crippen LogP contribution in [0.5, 0.6) is 0 Å². The number of hydrogen-bond donors (Lipinski definition) is 2. The lowest BCUT2D eigenvalue weighted by Crippen LogP contribution is -2.48. The van der Waals surface area contributed by atoms with Gasteiger partial charge in [-0.1, -0.05) is 13.8 Å². The molecule has 21 heavy (non-hydrogen) atoms. The van der Waals surface area contributed by atoms with Crippen molar-refractivity contribution < 1.29 is 13.2 Å². The zero-order valence-corrected chi connectivity index (χ0v) is 13.3. The molecule has 1 fully saturated rings. The standard InChI is InChI=1S/C14H23N3O3S/c1-3-14(4-2)10-11(7-9-20-14)17-21(18,19)13-12(15)6-5-8-16-13/h5-6,8,11,17H,3-4,7,9-10,15H2,1-2H3. The highest BCUT2D eigenvalue weighted by Crippen LogP contribution is 2.32. The van der Waals surface area contributed by atoms with Crippen molar-refractivity contribution in [1.29, 1.82) is 0 Å². The third kappa shape index (κ3) is 3.53. The van der Waals surface area contributed by atoms with Gasteiger partial charge in [0.1, 0.15) is 0 Å². The number of sulfonamides is 1. The van der Waals surface area contributed by atoms with Crippen LogP contribution >= 0.6 is 0 Å². The molecular weight excluding hydrogens is 290 g/mol. The van der Waals surface area contributed by atoms with Crippen LogP contribution in [0.4, 0.5) is 5.69 Å². The molecule has 2 heterocycles. The van der Waals surface area contributed by atoms with Crippen LogP contribution in [0.3, 0.4) is 0 Å². The van der Waals surface area contributed by atoms with Crippen LogP contribution in [0.15, 0.2) is 23.4 Å². The van der Waals surface area contributed by atoms with E-state index in [1.807, 2.05) is 0 Å². The van der Waals surface area contributed by atoms with Crippen LogP contribution in [0, 0.1) is 0 Å². The van der Waals surface area contributed by atoms with E-state index in [1.54, 1.807) is 6.07 Å². The Bertz CT molecular complexity index is 585. The Balaban J connectivity index is 2.16. The number of nitrogens with zero attached hydrogens (tertiary/aromatic N) is 1. The molecule has 1 unspecified atom stereocenters. The Morgan fingerprint density at radius 3 is 2.81 bits per heavy atom. The summed E-state index contributed by atoms with van der Waals surface area (Å²) in [6.07, 6.45) is 4.50. The van der Waals surface area contributed by atoms with E-state index in [1.165, 1.54) is 12.3 Å². The summed E-state index contributed by atoms with van der Waals surface area (Å²) in [4.78, 5) is 3.89. The van der Waals surface area contributed by atoms with Gasteiger partial charge in [0.2, 0.25) is 0 Å². The highest BCUT2D eigenvalue weighted by Gasteiger charge is 2.36. The van der Waals surface area contributed by atoms with Crippen molar-refractivity contribution in [3.63, 3.8) is 0 Å². The van der Waals surface area contributed by atoms with Crippen LogP contribution in [-0.4, -0.2) is 31.7 Å². The minimum atomic E-state index is -3.70. The van der Waals surface area contributed by atoms with Crippen molar-refractivity contribution in [1.82, 2.24) is 9.71 Å². The molecule has 1 saturated heterocycles. The molecule has 7 heteroatoms. The molecule has 1 aromatic heterocycles. The summed E-state index contributed by atoms with van der Waals surface area (Å²) in [5, 5.41) is -0.102. The van der Waals surface area contributed by atoms with Crippen LogP contribution < -0.4 is 10.5 Å². The average molecular weight is 313 g/mol. The first-order valence-corrected chi connectivity index (χ1v) is 8.77. The maximum Gasteiger partial charge on any atom is 0.260 e. The molecule has 0 amide bonds. The summed E-state index contributed by atoms with van der Waals surface area (Å²) in [5.41, 5.74) is 5.64. The first-order chi connectivity index (χ1) is 9.92. The zero-order valence-electron chi connectivity index (χ0n) is 12.5. The van der Waals surface area contributed by atoms with E-state index in [9.17, 15) is 8.42 Å². The molecule has 0 aliphatic carbocycles. The van der Waals surface area contributed by atoms with E-state index in [4.69, 9.17) is 10.5 Å². The smallest absolute Gasteiger partial charge is 0.260 e. The van der Waals surface area contributed by atoms with Crippen molar-refractivity contribution in [3.8, 4) is 0 Å². The van der Waals surface area contributed by atoms with Gasteiger partial charge in [-0.2, -0.15) is 0 Å². The zero-order chi connectivity index (χ0) is 15.5. The van der Waals surface area contributed by atoms with E-state index >= 15 is 0 Å². The molecule has 0 bridgehead atoms. The maximum atomic E-state index is 12.4. The number of aromatic nitrogens is 1. The van der Waals surface area contributed by atoms with Gasteiger partial charge >= 0.3 is 0 Å². The largest absolute Gasteiger partial charge is 0.396 e. The van der Waals surface area contributed by atoms with Crippen LogP contribution in [0.25, 0.3) is 0 Å².